The molecular formula is C17H30N2O2. The standard InChI is InChI=1S/C17H30N2O2/c1-12(2)14(13(3)4)11-18-10-8-16(20)19-9-6-5-7-15(19)17(18)21/h12-15H,5-11H2,1-4H3. The molecule has 0 saturated carbocycles. The van der Waals surface area contributed by atoms with Gasteiger partial charge in [0.15, 0.2) is 0 Å². The molecule has 2 aliphatic rings. The molecule has 120 valence electrons. The van der Waals surface area contributed by atoms with Crippen LogP contribution in [0.5, 0.6) is 0 Å². The Labute approximate surface area is 128 Å². The molecule has 0 radical (unpaired) electrons. The molecule has 0 N–H and O–H groups in total. The van der Waals surface area contributed by atoms with Crippen LogP contribution in [-0.2, 0) is 9.59 Å². The average molecular weight is 294 g/mol. The van der Waals surface area contributed by atoms with Crippen LogP contribution in [0.25, 0.3) is 0 Å². The Morgan fingerprint density at radius 1 is 1.05 bits per heavy atom. The number of amides is 2. The van der Waals surface area contributed by atoms with Crippen LogP contribution in [0, 0.1) is 17.8 Å². The molecule has 2 fully saturated rings. The van der Waals surface area contributed by atoms with Crippen molar-refractivity contribution in [1.29, 1.82) is 0 Å². The number of hydrogen-bond donors (Lipinski definition) is 0. The SMILES string of the molecule is CC(C)C(CN1CCC(=O)N2CCCCC2C1=O)C(C)C. The summed E-state index contributed by atoms with van der Waals surface area (Å²) >= 11 is 0. The zero-order chi connectivity index (χ0) is 15.6. The van der Waals surface area contributed by atoms with E-state index >= 15 is 0 Å². The molecule has 2 saturated heterocycles. The summed E-state index contributed by atoms with van der Waals surface area (Å²) in [5, 5.41) is 0. The minimum atomic E-state index is -0.186. The van der Waals surface area contributed by atoms with Crippen molar-refractivity contribution < 1.29 is 9.59 Å². The first-order valence-corrected chi connectivity index (χ1v) is 8.50. The molecule has 2 amide bonds. The van der Waals surface area contributed by atoms with Crippen molar-refractivity contribution in [3.8, 4) is 0 Å². The first-order valence-electron chi connectivity index (χ1n) is 8.50. The highest BCUT2D eigenvalue weighted by Gasteiger charge is 2.38. The normalized spacial score (nSPS) is 24.0. The Kier molecular flexibility index (Phi) is 5.28. The number of carbonyl (C=O) groups excluding carboxylic acids is 2. The van der Waals surface area contributed by atoms with Crippen LogP contribution < -0.4 is 0 Å². The summed E-state index contributed by atoms with van der Waals surface area (Å²) in [5.41, 5.74) is 0. The predicted molar refractivity (Wildman–Crippen MR) is 83.7 cm³/mol. The van der Waals surface area contributed by atoms with Crippen molar-refractivity contribution in [1.82, 2.24) is 9.80 Å². The highest BCUT2D eigenvalue weighted by molar-refractivity contribution is 5.90. The molecule has 0 aromatic heterocycles. The fourth-order valence-corrected chi connectivity index (χ4v) is 3.81. The van der Waals surface area contributed by atoms with Gasteiger partial charge in [-0.15, -0.1) is 0 Å². The summed E-state index contributed by atoms with van der Waals surface area (Å²) in [5.74, 6) is 1.96. The van der Waals surface area contributed by atoms with Crippen LogP contribution in [0.2, 0.25) is 0 Å². The second kappa shape index (κ2) is 6.80. The van der Waals surface area contributed by atoms with Crippen molar-refractivity contribution in [3.05, 3.63) is 0 Å². The van der Waals surface area contributed by atoms with E-state index in [-0.39, 0.29) is 17.9 Å². The van der Waals surface area contributed by atoms with E-state index in [9.17, 15) is 9.59 Å². The zero-order valence-electron chi connectivity index (χ0n) is 14.0. The van der Waals surface area contributed by atoms with Crippen molar-refractivity contribution >= 4 is 11.8 Å². The van der Waals surface area contributed by atoms with Crippen LogP contribution in [-0.4, -0.2) is 47.3 Å². The van der Waals surface area contributed by atoms with Crippen molar-refractivity contribution in [3.63, 3.8) is 0 Å². The Morgan fingerprint density at radius 2 is 1.71 bits per heavy atom. The lowest BCUT2D eigenvalue weighted by Gasteiger charge is -2.36. The van der Waals surface area contributed by atoms with Crippen LogP contribution >= 0.6 is 0 Å². The lowest BCUT2D eigenvalue weighted by Crippen LogP contribution is -2.50. The smallest absolute Gasteiger partial charge is 0.245 e. The number of fused-ring (bicyclic) bond motifs is 1. The molecule has 2 rings (SSSR count). The fraction of sp³-hybridized carbons (Fsp3) is 0.882. The third kappa shape index (κ3) is 3.58. The zero-order valence-corrected chi connectivity index (χ0v) is 14.0. The highest BCUT2D eigenvalue weighted by atomic mass is 16.2. The quantitative estimate of drug-likeness (QED) is 0.799. The summed E-state index contributed by atoms with van der Waals surface area (Å²) in [6.45, 7) is 11.1. The second-order valence-electron chi connectivity index (χ2n) is 7.28. The lowest BCUT2D eigenvalue weighted by atomic mass is 9.85. The molecule has 4 nitrogen and oxygen atoms in total. The van der Waals surface area contributed by atoms with E-state index in [4.69, 9.17) is 0 Å². The van der Waals surface area contributed by atoms with Gasteiger partial charge in [0, 0.05) is 26.1 Å². The summed E-state index contributed by atoms with van der Waals surface area (Å²) < 4.78 is 0. The number of carbonyl (C=O) groups is 2. The molecule has 1 atom stereocenters. The van der Waals surface area contributed by atoms with E-state index in [1.54, 1.807) is 0 Å². The van der Waals surface area contributed by atoms with Gasteiger partial charge in [-0.2, -0.15) is 0 Å². The van der Waals surface area contributed by atoms with E-state index in [1.165, 1.54) is 0 Å². The van der Waals surface area contributed by atoms with Gasteiger partial charge in [0.2, 0.25) is 11.8 Å². The van der Waals surface area contributed by atoms with Gasteiger partial charge in [0.25, 0.3) is 0 Å². The minimum Gasteiger partial charge on any atom is -0.340 e. The molecule has 21 heavy (non-hydrogen) atoms. The Balaban J connectivity index is 2.13. The van der Waals surface area contributed by atoms with E-state index in [1.807, 2.05) is 9.80 Å². The number of nitrogens with zero attached hydrogens (tertiary/aromatic N) is 2. The fourth-order valence-electron chi connectivity index (χ4n) is 3.81. The predicted octanol–water partition coefficient (Wildman–Crippen LogP) is 2.53. The summed E-state index contributed by atoms with van der Waals surface area (Å²) in [6, 6.07) is -0.186. The molecule has 0 aromatic carbocycles. The highest BCUT2D eigenvalue weighted by Crippen LogP contribution is 2.26. The molecule has 0 bridgehead atoms. The monoisotopic (exact) mass is 294 g/mol. The van der Waals surface area contributed by atoms with Crippen LogP contribution in [0.1, 0.15) is 53.4 Å². The molecule has 4 heteroatoms. The molecule has 1 unspecified atom stereocenters. The van der Waals surface area contributed by atoms with E-state index in [0.29, 0.717) is 30.7 Å². The summed E-state index contributed by atoms with van der Waals surface area (Å²) in [4.78, 5) is 28.9. The van der Waals surface area contributed by atoms with Gasteiger partial charge in [-0.05, 0) is 37.0 Å². The van der Waals surface area contributed by atoms with Gasteiger partial charge in [-0.3, -0.25) is 9.59 Å². The first-order chi connectivity index (χ1) is 9.91. The molecule has 0 aliphatic carbocycles. The van der Waals surface area contributed by atoms with Gasteiger partial charge < -0.3 is 9.80 Å². The van der Waals surface area contributed by atoms with E-state index in [2.05, 4.69) is 27.7 Å². The second-order valence-corrected chi connectivity index (χ2v) is 7.28. The third-order valence-corrected chi connectivity index (χ3v) is 5.16. The van der Waals surface area contributed by atoms with Crippen LogP contribution in [0.4, 0.5) is 0 Å². The summed E-state index contributed by atoms with van der Waals surface area (Å²) in [6.07, 6.45) is 3.43. The number of hydrogen-bond acceptors (Lipinski definition) is 2. The maximum Gasteiger partial charge on any atom is 0.245 e. The van der Waals surface area contributed by atoms with Gasteiger partial charge in [-0.1, -0.05) is 27.7 Å². The Bertz CT molecular complexity index is 384. The summed E-state index contributed by atoms with van der Waals surface area (Å²) in [7, 11) is 0. The Hall–Kier alpha value is -1.06. The van der Waals surface area contributed by atoms with Crippen LogP contribution in [0.3, 0.4) is 0 Å². The minimum absolute atomic E-state index is 0.168. The number of piperidine rings is 1. The van der Waals surface area contributed by atoms with Gasteiger partial charge in [0.05, 0.1) is 0 Å². The largest absolute Gasteiger partial charge is 0.340 e. The maximum atomic E-state index is 12.8. The van der Waals surface area contributed by atoms with Gasteiger partial charge in [0.1, 0.15) is 6.04 Å². The van der Waals surface area contributed by atoms with Crippen LogP contribution in [0.15, 0.2) is 0 Å². The van der Waals surface area contributed by atoms with E-state index in [0.717, 1.165) is 32.4 Å². The lowest BCUT2D eigenvalue weighted by molar-refractivity contribution is -0.143. The van der Waals surface area contributed by atoms with Crippen molar-refractivity contribution in [2.45, 2.75) is 59.4 Å². The maximum absolute atomic E-state index is 12.8. The average Bonchev–Trinajstić information content (AvgIpc) is 2.56. The third-order valence-electron chi connectivity index (χ3n) is 5.16. The molecule has 2 aliphatic heterocycles. The Morgan fingerprint density at radius 3 is 2.33 bits per heavy atom. The molecular weight excluding hydrogens is 264 g/mol. The van der Waals surface area contributed by atoms with Gasteiger partial charge in [-0.25, -0.2) is 0 Å². The van der Waals surface area contributed by atoms with Crippen molar-refractivity contribution in [2.24, 2.45) is 17.8 Å². The van der Waals surface area contributed by atoms with Gasteiger partial charge >= 0.3 is 0 Å². The number of rotatable bonds is 4. The molecule has 0 aromatic rings. The topological polar surface area (TPSA) is 40.6 Å². The first kappa shape index (κ1) is 16.3. The molecule has 2 heterocycles. The van der Waals surface area contributed by atoms with E-state index < -0.39 is 0 Å². The molecule has 0 spiro atoms. The van der Waals surface area contributed by atoms with Crippen molar-refractivity contribution in [2.75, 3.05) is 19.6 Å².